The van der Waals surface area contributed by atoms with Crippen molar-refractivity contribution in [2.24, 2.45) is 0 Å². The summed E-state index contributed by atoms with van der Waals surface area (Å²) in [5.41, 5.74) is 0.773. The minimum Gasteiger partial charge on any atom is -0.378 e. The van der Waals surface area contributed by atoms with Crippen molar-refractivity contribution in [3.8, 4) is 11.4 Å². The topological polar surface area (TPSA) is 93.4 Å². The van der Waals surface area contributed by atoms with Gasteiger partial charge in [-0.15, -0.1) is 0 Å². The molecule has 1 fully saturated rings. The average molecular weight is 345 g/mol. The van der Waals surface area contributed by atoms with Crippen LogP contribution in [0.4, 0.5) is 4.79 Å². The molecule has 0 aromatic carbocycles. The van der Waals surface area contributed by atoms with Gasteiger partial charge in [0.2, 0.25) is 11.7 Å². The maximum absolute atomic E-state index is 12.1. The standard InChI is InChI=1S/C17H23N5O3/c1-22(9-3-6-14-7-4-10-24-14)17(23)19-12-15-20-16(21-25-15)13-5-2-8-18-11-13/h2,5,8,11,14H,3-4,6-7,9-10,12H2,1H3,(H,19,23). The molecule has 0 spiro atoms. The molecule has 1 atom stereocenters. The van der Waals surface area contributed by atoms with Crippen LogP contribution in [0, 0.1) is 0 Å². The third-order valence-corrected chi connectivity index (χ3v) is 4.17. The summed E-state index contributed by atoms with van der Waals surface area (Å²) in [6.45, 7) is 1.75. The third-order valence-electron chi connectivity index (χ3n) is 4.17. The Morgan fingerprint density at radius 3 is 3.16 bits per heavy atom. The van der Waals surface area contributed by atoms with Crippen molar-refractivity contribution in [2.75, 3.05) is 20.2 Å². The van der Waals surface area contributed by atoms with Crippen LogP contribution in [0.15, 0.2) is 29.0 Å². The Bertz CT molecular complexity index is 670. The zero-order valence-electron chi connectivity index (χ0n) is 14.4. The zero-order chi connectivity index (χ0) is 17.5. The summed E-state index contributed by atoms with van der Waals surface area (Å²) < 4.78 is 10.7. The largest absolute Gasteiger partial charge is 0.378 e. The molecule has 1 unspecified atom stereocenters. The van der Waals surface area contributed by atoms with Gasteiger partial charge in [0.05, 0.1) is 12.6 Å². The highest BCUT2D eigenvalue weighted by Crippen LogP contribution is 2.17. The lowest BCUT2D eigenvalue weighted by Crippen LogP contribution is -2.37. The molecule has 25 heavy (non-hydrogen) atoms. The van der Waals surface area contributed by atoms with Crippen LogP contribution in [-0.2, 0) is 11.3 Å². The molecule has 0 bridgehead atoms. The molecule has 2 amide bonds. The van der Waals surface area contributed by atoms with E-state index in [0.717, 1.165) is 37.9 Å². The van der Waals surface area contributed by atoms with Gasteiger partial charge in [-0.25, -0.2) is 4.79 Å². The molecule has 1 aliphatic rings. The van der Waals surface area contributed by atoms with Crippen LogP contribution in [-0.4, -0.2) is 52.4 Å². The van der Waals surface area contributed by atoms with Gasteiger partial charge >= 0.3 is 6.03 Å². The second-order valence-corrected chi connectivity index (χ2v) is 6.11. The van der Waals surface area contributed by atoms with Gasteiger partial charge < -0.3 is 19.5 Å². The average Bonchev–Trinajstić information content (AvgIpc) is 3.32. The first kappa shape index (κ1) is 17.3. The summed E-state index contributed by atoms with van der Waals surface area (Å²) >= 11 is 0. The smallest absolute Gasteiger partial charge is 0.317 e. The predicted molar refractivity (Wildman–Crippen MR) is 90.6 cm³/mol. The van der Waals surface area contributed by atoms with Crippen LogP contribution < -0.4 is 5.32 Å². The van der Waals surface area contributed by atoms with Crippen LogP contribution in [0.25, 0.3) is 11.4 Å². The van der Waals surface area contributed by atoms with Crippen LogP contribution >= 0.6 is 0 Å². The summed E-state index contributed by atoms with van der Waals surface area (Å²) in [5.74, 6) is 0.822. The van der Waals surface area contributed by atoms with Crippen LogP contribution in [0.5, 0.6) is 0 Å². The predicted octanol–water partition coefficient (Wildman–Crippen LogP) is 2.23. The fraction of sp³-hybridized carbons (Fsp3) is 0.529. The summed E-state index contributed by atoms with van der Waals surface area (Å²) in [5, 5.41) is 6.68. The molecular formula is C17H23N5O3. The van der Waals surface area contributed by atoms with Crippen LogP contribution in [0.2, 0.25) is 0 Å². The maximum Gasteiger partial charge on any atom is 0.317 e. The Labute approximate surface area is 146 Å². The zero-order valence-corrected chi connectivity index (χ0v) is 14.4. The first-order valence-electron chi connectivity index (χ1n) is 8.56. The highest BCUT2D eigenvalue weighted by Gasteiger charge is 2.16. The molecule has 134 valence electrons. The van der Waals surface area contributed by atoms with Gasteiger partial charge in [-0.3, -0.25) is 4.98 Å². The van der Waals surface area contributed by atoms with Gasteiger partial charge in [0, 0.05) is 38.2 Å². The fourth-order valence-corrected chi connectivity index (χ4v) is 2.75. The Morgan fingerprint density at radius 1 is 1.48 bits per heavy atom. The van der Waals surface area contributed by atoms with Gasteiger partial charge in [-0.05, 0) is 37.8 Å². The van der Waals surface area contributed by atoms with Gasteiger partial charge in [0.25, 0.3) is 0 Å². The normalized spacial score (nSPS) is 16.8. The monoisotopic (exact) mass is 345 g/mol. The van der Waals surface area contributed by atoms with E-state index >= 15 is 0 Å². The highest BCUT2D eigenvalue weighted by molar-refractivity contribution is 5.73. The molecule has 0 radical (unpaired) electrons. The molecule has 8 nitrogen and oxygen atoms in total. The van der Waals surface area contributed by atoms with Crippen molar-refractivity contribution in [1.29, 1.82) is 0 Å². The molecule has 8 heteroatoms. The maximum atomic E-state index is 12.1. The van der Waals surface area contributed by atoms with E-state index in [2.05, 4.69) is 20.4 Å². The van der Waals surface area contributed by atoms with Crippen molar-refractivity contribution < 1.29 is 14.1 Å². The molecule has 3 heterocycles. The molecule has 0 aliphatic carbocycles. The number of hydrogen-bond acceptors (Lipinski definition) is 6. The van der Waals surface area contributed by atoms with E-state index in [-0.39, 0.29) is 12.6 Å². The number of carbonyl (C=O) groups excluding carboxylic acids is 1. The highest BCUT2D eigenvalue weighted by atomic mass is 16.5. The summed E-state index contributed by atoms with van der Waals surface area (Å²) in [4.78, 5) is 22.0. The van der Waals surface area contributed by atoms with Gasteiger partial charge in [-0.1, -0.05) is 5.16 Å². The molecule has 1 N–H and O–H groups in total. The van der Waals surface area contributed by atoms with Crippen molar-refractivity contribution in [3.63, 3.8) is 0 Å². The van der Waals surface area contributed by atoms with Crippen molar-refractivity contribution in [2.45, 2.75) is 38.3 Å². The SMILES string of the molecule is CN(CCCC1CCCO1)C(=O)NCc1nc(-c2cccnc2)no1. The lowest BCUT2D eigenvalue weighted by Gasteiger charge is -2.18. The van der Waals surface area contributed by atoms with E-state index < -0.39 is 0 Å². The summed E-state index contributed by atoms with van der Waals surface area (Å²) in [7, 11) is 1.78. The molecule has 1 aliphatic heterocycles. The molecular weight excluding hydrogens is 322 g/mol. The second-order valence-electron chi connectivity index (χ2n) is 6.11. The van der Waals surface area contributed by atoms with E-state index in [9.17, 15) is 4.79 Å². The molecule has 3 rings (SSSR count). The number of hydrogen-bond donors (Lipinski definition) is 1. The number of rotatable bonds is 7. The van der Waals surface area contributed by atoms with Crippen molar-refractivity contribution in [1.82, 2.24) is 25.3 Å². The fourth-order valence-electron chi connectivity index (χ4n) is 2.75. The third kappa shape index (κ3) is 4.99. The first-order chi connectivity index (χ1) is 12.2. The van der Waals surface area contributed by atoms with E-state index in [1.807, 2.05) is 6.07 Å². The Morgan fingerprint density at radius 2 is 2.40 bits per heavy atom. The van der Waals surface area contributed by atoms with Gasteiger partial charge in [-0.2, -0.15) is 4.98 Å². The number of aromatic nitrogens is 3. The summed E-state index contributed by atoms with van der Waals surface area (Å²) in [6, 6.07) is 3.49. The number of amides is 2. The lowest BCUT2D eigenvalue weighted by atomic mass is 10.1. The number of urea groups is 1. The van der Waals surface area contributed by atoms with Crippen LogP contribution in [0.3, 0.4) is 0 Å². The van der Waals surface area contributed by atoms with E-state index in [1.165, 1.54) is 0 Å². The second kappa shape index (κ2) is 8.57. The van der Waals surface area contributed by atoms with Crippen LogP contribution in [0.1, 0.15) is 31.6 Å². The number of nitrogens with zero attached hydrogens (tertiary/aromatic N) is 4. The summed E-state index contributed by atoms with van der Waals surface area (Å²) in [6.07, 6.45) is 7.91. The van der Waals surface area contributed by atoms with Crippen molar-refractivity contribution in [3.05, 3.63) is 30.4 Å². The minimum atomic E-state index is -0.159. The van der Waals surface area contributed by atoms with Gasteiger partial charge in [0.15, 0.2) is 0 Å². The molecule has 2 aromatic rings. The quantitative estimate of drug-likeness (QED) is 0.827. The Kier molecular flexibility index (Phi) is 5.95. The number of ether oxygens (including phenoxy) is 1. The molecule has 0 saturated carbocycles. The lowest BCUT2D eigenvalue weighted by molar-refractivity contribution is 0.100. The molecule has 1 saturated heterocycles. The number of carbonyl (C=O) groups is 1. The number of nitrogens with one attached hydrogen (secondary N) is 1. The van der Waals surface area contributed by atoms with Crippen molar-refractivity contribution >= 4 is 6.03 Å². The molecule has 2 aromatic heterocycles. The first-order valence-corrected chi connectivity index (χ1v) is 8.56. The van der Waals surface area contributed by atoms with Gasteiger partial charge in [0.1, 0.15) is 0 Å². The number of pyridine rings is 1. The van der Waals surface area contributed by atoms with E-state index in [1.54, 1.807) is 30.4 Å². The van der Waals surface area contributed by atoms with E-state index in [0.29, 0.717) is 24.4 Å². The Hall–Kier alpha value is -2.48. The minimum absolute atomic E-state index is 0.159. The Balaban J connectivity index is 1.40. The van der Waals surface area contributed by atoms with E-state index in [4.69, 9.17) is 9.26 Å².